The second kappa shape index (κ2) is 5.58. The fraction of sp³-hybridized carbons (Fsp3) is 0.429. The summed E-state index contributed by atoms with van der Waals surface area (Å²) in [6.45, 7) is 3.36. The van der Waals surface area contributed by atoms with E-state index >= 15 is 0 Å². The molecule has 0 saturated carbocycles. The first-order valence-electron chi connectivity index (χ1n) is 6.47. The molecule has 0 aliphatic carbocycles. The average molecular weight is 280 g/mol. The lowest BCUT2D eigenvalue weighted by Crippen LogP contribution is -2.42. The number of carbonyl (C=O) groups excluding carboxylic acids is 1. The van der Waals surface area contributed by atoms with Crippen molar-refractivity contribution in [2.24, 2.45) is 5.41 Å². The van der Waals surface area contributed by atoms with Crippen molar-refractivity contribution < 1.29 is 19.1 Å². The molecule has 1 fully saturated rings. The Morgan fingerprint density at radius 2 is 2.00 bits per heavy atom. The maximum Gasteiger partial charge on any atom is 0.335 e. The molecule has 20 heavy (non-hydrogen) atoms. The minimum atomic E-state index is -1.20. The number of amides is 1. The number of benzene rings is 1. The number of anilines is 1. The van der Waals surface area contributed by atoms with Crippen LogP contribution in [0.1, 0.15) is 30.1 Å². The predicted molar refractivity (Wildman–Crippen MR) is 72.2 cm³/mol. The first-order valence-corrected chi connectivity index (χ1v) is 6.47. The molecule has 2 rings (SSSR count). The van der Waals surface area contributed by atoms with Gasteiger partial charge >= 0.3 is 5.97 Å². The summed E-state index contributed by atoms with van der Waals surface area (Å²) in [4.78, 5) is 23.0. The molecule has 1 aliphatic rings. The highest BCUT2D eigenvalue weighted by atomic mass is 19.1. The topological polar surface area (TPSA) is 78.4 Å². The van der Waals surface area contributed by atoms with E-state index in [0.717, 1.165) is 19.2 Å². The molecule has 0 spiro atoms. The summed E-state index contributed by atoms with van der Waals surface area (Å²) >= 11 is 0. The normalized spacial score (nSPS) is 17.5. The molecule has 108 valence electrons. The molecule has 1 heterocycles. The van der Waals surface area contributed by atoms with E-state index in [1.807, 2.05) is 6.92 Å². The summed E-state index contributed by atoms with van der Waals surface area (Å²) in [6.07, 6.45) is 1.38. The fourth-order valence-electron chi connectivity index (χ4n) is 2.23. The first kappa shape index (κ1) is 14.5. The fourth-order valence-corrected chi connectivity index (χ4v) is 2.23. The molecule has 0 unspecified atom stereocenters. The number of piperidine rings is 1. The van der Waals surface area contributed by atoms with Crippen molar-refractivity contribution in [2.75, 3.05) is 18.4 Å². The summed E-state index contributed by atoms with van der Waals surface area (Å²) in [7, 11) is 0. The van der Waals surface area contributed by atoms with Gasteiger partial charge in [0.15, 0.2) is 0 Å². The number of carboxylic acid groups (broad SMARTS) is 1. The molecule has 1 saturated heterocycles. The van der Waals surface area contributed by atoms with Crippen molar-refractivity contribution in [1.82, 2.24) is 5.32 Å². The Balaban J connectivity index is 2.13. The molecule has 0 bridgehead atoms. The van der Waals surface area contributed by atoms with Crippen LogP contribution in [0.25, 0.3) is 0 Å². The third-order valence-corrected chi connectivity index (χ3v) is 3.72. The van der Waals surface area contributed by atoms with Gasteiger partial charge in [0.05, 0.1) is 11.3 Å². The van der Waals surface area contributed by atoms with E-state index in [2.05, 4.69) is 10.6 Å². The zero-order valence-corrected chi connectivity index (χ0v) is 11.2. The lowest BCUT2D eigenvalue weighted by Gasteiger charge is -2.32. The Bertz CT molecular complexity index is 539. The predicted octanol–water partition coefficient (Wildman–Crippen LogP) is 1.85. The van der Waals surface area contributed by atoms with Crippen molar-refractivity contribution in [3.8, 4) is 0 Å². The molecule has 0 aromatic heterocycles. The molecule has 6 heteroatoms. The van der Waals surface area contributed by atoms with Crippen LogP contribution in [0.4, 0.5) is 10.1 Å². The van der Waals surface area contributed by atoms with Crippen molar-refractivity contribution in [3.05, 3.63) is 29.6 Å². The van der Waals surface area contributed by atoms with E-state index in [-0.39, 0.29) is 17.2 Å². The SMILES string of the molecule is CC1(C(=O)Nc2ccc(C(=O)O)cc2F)CCNCC1. The van der Waals surface area contributed by atoms with Gasteiger partial charge in [0.2, 0.25) is 5.91 Å². The van der Waals surface area contributed by atoms with Crippen LogP contribution in [-0.4, -0.2) is 30.1 Å². The molecule has 1 aliphatic heterocycles. The number of hydrogen-bond donors (Lipinski definition) is 3. The quantitative estimate of drug-likeness (QED) is 0.789. The van der Waals surface area contributed by atoms with Gasteiger partial charge in [0.1, 0.15) is 5.82 Å². The number of aromatic carboxylic acids is 1. The number of carbonyl (C=O) groups is 2. The molecule has 5 nitrogen and oxygen atoms in total. The van der Waals surface area contributed by atoms with Crippen LogP contribution in [0.5, 0.6) is 0 Å². The van der Waals surface area contributed by atoms with Crippen molar-refractivity contribution in [3.63, 3.8) is 0 Å². The Morgan fingerprint density at radius 3 is 2.55 bits per heavy atom. The monoisotopic (exact) mass is 280 g/mol. The largest absolute Gasteiger partial charge is 0.478 e. The highest BCUT2D eigenvalue weighted by Gasteiger charge is 2.34. The van der Waals surface area contributed by atoms with E-state index in [1.54, 1.807) is 0 Å². The summed E-state index contributed by atoms with van der Waals surface area (Å²) in [6, 6.07) is 3.45. The third-order valence-electron chi connectivity index (χ3n) is 3.72. The number of nitrogens with one attached hydrogen (secondary N) is 2. The highest BCUT2D eigenvalue weighted by molar-refractivity contribution is 5.96. The summed E-state index contributed by atoms with van der Waals surface area (Å²) in [5.41, 5.74) is -0.656. The number of rotatable bonds is 3. The highest BCUT2D eigenvalue weighted by Crippen LogP contribution is 2.30. The standard InChI is InChI=1S/C14H17FN2O3/c1-14(4-6-16-7-5-14)13(20)17-11-3-2-9(12(18)19)8-10(11)15/h2-3,8,16H,4-7H2,1H3,(H,17,20)(H,18,19). The van der Waals surface area contributed by atoms with Gasteiger partial charge < -0.3 is 15.7 Å². The lowest BCUT2D eigenvalue weighted by molar-refractivity contribution is -0.126. The Kier molecular flexibility index (Phi) is 4.04. The van der Waals surface area contributed by atoms with Gasteiger partial charge in [-0.3, -0.25) is 4.79 Å². The van der Waals surface area contributed by atoms with E-state index in [4.69, 9.17) is 5.11 Å². The first-order chi connectivity index (χ1) is 9.42. The van der Waals surface area contributed by atoms with Crippen LogP contribution in [0, 0.1) is 11.2 Å². The molecule has 1 aromatic rings. The van der Waals surface area contributed by atoms with Crippen LogP contribution >= 0.6 is 0 Å². The van der Waals surface area contributed by atoms with Gasteiger partial charge in [-0.1, -0.05) is 6.92 Å². The lowest BCUT2D eigenvalue weighted by atomic mass is 9.80. The smallest absolute Gasteiger partial charge is 0.335 e. The third kappa shape index (κ3) is 2.96. The van der Waals surface area contributed by atoms with Gasteiger partial charge in [0, 0.05) is 5.41 Å². The minimum Gasteiger partial charge on any atom is -0.478 e. The summed E-state index contributed by atoms with van der Waals surface area (Å²) in [5, 5.41) is 14.5. The van der Waals surface area contributed by atoms with Gasteiger partial charge in [0.25, 0.3) is 0 Å². The zero-order chi connectivity index (χ0) is 14.8. The second-order valence-electron chi connectivity index (χ2n) is 5.26. The minimum absolute atomic E-state index is 0.0137. The molecule has 0 radical (unpaired) electrons. The van der Waals surface area contributed by atoms with Crippen LogP contribution in [-0.2, 0) is 4.79 Å². The Labute approximate surface area is 116 Å². The number of carboxylic acids is 1. The average Bonchev–Trinajstić information content (AvgIpc) is 2.41. The summed E-state index contributed by atoms with van der Waals surface area (Å²) < 4.78 is 13.8. The van der Waals surface area contributed by atoms with Crippen LogP contribution in [0.15, 0.2) is 18.2 Å². The Hall–Kier alpha value is -1.95. The van der Waals surface area contributed by atoms with E-state index in [9.17, 15) is 14.0 Å². The van der Waals surface area contributed by atoms with Crippen LogP contribution in [0.3, 0.4) is 0 Å². The van der Waals surface area contributed by atoms with Crippen LogP contribution in [0.2, 0.25) is 0 Å². The second-order valence-corrected chi connectivity index (χ2v) is 5.26. The van der Waals surface area contributed by atoms with Gasteiger partial charge in [-0.05, 0) is 44.1 Å². The van der Waals surface area contributed by atoms with Crippen molar-refractivity contribution >= 4 is 17.6 Å². The maximum atomic E-state index is 13.8. The van der Waals surface area contributed by atoms with E-state index in [1.165, 1.54) is 12.1 Å². The Morgan fingerprint density at radius 1 is 1.35 bits per heavy atom. The van der Waals surface area contributed by atoms with E-state index in [0.29, 0.717) is 12.8 Å². The molecular formula is C14H17FN2O3. The van der Waals surface area contributed by atoms with Gasteiger partial charge in [-0.2, -0.15) is 0 Å². The molecule has 0 atom stereocenters. The number of halogens is 1. The number of hydrogen-bond acceptors (Lipinski definition) is 3. The molecule has 1 amide bonds. The van der Waals surface area contributed by atoms with E-state index < -0.39 is 17.2 Å². The molecule has 3 N–H and O–H groups in total. The van der Waals surface area contributed by atoms with Gasteiger partial charge in [-0.15, -0.1) is 0 Å². The molecule has 1 aromatic carbocycles. The zero-order valence-electron chi connectivity index (χ0n) is 11.2. The van der Waals surface area contributed by atoms with Crippen molar-refractivity contribution in [1.29, 1.82) is 0 Å². The summed E-state index contributed by atoms with van der Waals surface area (Å²) in [5.74, 6) is -2.18. The van der Waals surface area contributed by atoms with Crippen molar-refractivity contribution in [2.45, 2.75) is 19.8 Å². The maximum absolute atomic E-state index is 13.8. The van der Waals surface area contributed by atoms with Crippen LogP contribution < -0.4 is 10.6 Å². The van der Waals surface area contributed by atoms with Gasteiger partial charge in [-0.25, -0.2) is 9.18 Å². The molecular weight excluding hydrogens is 263 g/mol.